The molecule has 1 atom stereocenters. The third-order valence-corrected chi connectivity index (χ3v) is 3.65. The molecule has 0 aromatic carbocycles. The van der Waals surface area contributed by atoms with E-state index in [4.69, 9.17) is 0 Å². The molecule has 1 fully saturated rings. The average Bonchev–Trinajstić information content (AvgIpc) is 2.86. The Labute approximate surface area is 112 Å². The maximum absolute atomic E-state index is 2.31. The van der Waals surface area contributed by atoms with Crippen LogP contribution in [0.2, 0.25) is 0 Å². The van der Waals surface area contributed by atoms with E-state index in [1.54, 1.807) is 0 Å². The van der Waals surface area contributed by atoms with Crippen molar-refractivity contribution in [1.29, 1.82) is 0 Å². The number of hydrogen-bond acceptors (Lipinski definition) is 0. The summed E-state index contributed by atoms with van der Waals surface area (Å²) in [5, 5.41) is 0. The predicted octanol–water partition coefficient (Wildman–Crippen LogP) is 6.84. The second-order valence-electron chi connectivity index (χ2n) is 5.24. The average molecular weight is 242 g/mol. The van der Waals surface area contributed by atoms with Crippen LogP contribution in [0.4, 0.5) is 0 Å². The van der Waals surface area contributed by atoms with Gasteiger partial charge in [0.25, 0.3) is 0 Å². The summed E-state index contributed by atoms with van der Waals surface area (Å²) in [6.07, 6.45) is 13.0. The molecule has 1 saturated carbocycles. The first-order chi connectivity index (χ1) is 8.24. The lowest BCUT2D eigenvalue weighted by Crippen LogP contribution is -1.89. The van der Waals surface area contributed by atoms with Gasteiger partial charge in [0.15, 0.2) is 0 Å². The van der Waals surface area contributed by atoms with Gasteiger partial charge in [0.05, 0.1) is 0 Å². The van der Waals surface area contributed by atoms with Gasteiger partial charge in [0.1, 0.15) is 0 Å². The molecule has 1 aliphatic carbocycles. The highest BCUT2D eigenvalue weighted by Gasteiger charge is 2.12. The molecule has 0 N–H and O–H groups in total. The monoisotopic (exact) mass is 242 g/mol. The Morgan fingerprint density at radius 3 is 1.76 bits per heavy atom. The molecule has 0 aromatic rings. The Kier molecular flexibility index (Phi) is 18.2. The quantitative estimate of drug-likeness (QED) is 0.495. The molecule has 0 nitrogen and oxygen atoms in total. The van der Waals surface area contributed by atoms with Gasteiger partial charge in [-0.1, -0.05) is 99.3 Å². The fourth-order valence-corrected chi connectivity index (χ4v) is 2.40. The van der Waals surface area contributed by atoms with Crippen molar-refractivity contribution in [3.63, 3.8) is 0 Å². The van der Waals surface area contributed by atoms with Crippen molar-refractivity contribution in [3.05, 3.63) is 0 Å². The number of hydrogen-bond donors (Lipinski definition) is 0. The van der Waals surface area contributed by atoms with Crippen LogP contribution >= 0.6 is 0 Å². The van der Waals surface area contributed by atoms with Gasteiger partial charge >= 0.3 is 0 Å². The minimum absolute atomic E-state index is 0.949. The smallest absolute Gasteiger partial charge is 0.0414 e. The third-order valence-electron chi connectivity index (χ3n) is 3.65. The fraction of sp³-hybridized carbons (Fsp3) is 1.00. The Bertz CT molecular complexity index is 111. The van der Waals surface area contributed by atoms with Crippen LogP contribution in [0.1, 0.15) is 99.3 Å². The molecule has 0 aliphatic heterocycles. The lowest BCUT2D eigenvalue weighted by molar-refractivity contribution is 0.496. The van der Waals surface area contributed by atoms with Crippen molar-refractivity contribution in [2.24, 2.45) is 11.8 Å². The molecule has 1 aliphatic rings. The summed E-state index contributed by atoms with van der Waals surface area (Å²) in [5.41, 5.74) is 0. The topological polar surface area (TPSA) is 0 Å². The van der Waals surface area contributed by atoms with Gasteiger partial charge < -0.3 is 0 Å². The Morgan fingerprint density at radius 2 is 1.47 bits per heavy atom. The van der Waals surface area contributed by atoms with Crippen molar-refractivity contribution in [3.8, 4) is 0 Å². The van der Waals surface area contributed by atoms with Crippen LogP contribution in [0, 0.1) is 11.8 Å². The van der Waals surface area contributed by atoms with E-state index < -0.39 is 0 Å². The minimum Gasteiger partial charge on any atom is -0.0683 e. The van der Waals surface area contributed by atoms with Crippen molar-refractivity contribution in [1.82, 2.24) is 0 Å². The zero-order valence-electron chi connectivity index (χ0n) is 13.5. The molecule has 1 rings (SSSR count). The highest BCUT2D eigenvalue weighted by atomic mass is 14.2. The molecule has 0 saturated heterocycles. The second-order valence-corrected chi connectivity index (χ2v) is 5.24. The van der Waals surface area contributed by atoms with Crippen LogP contribution in [0.3, 0.4) is 0 Å². The van der Waals surface area contributed by atoms with E-state index in [0.717, 1.165) is 11.8 Å². The van der Waals surface area contributed by atoms with Crippen molar-refractivity contribution >= 4 is 0 Å². The summed E-state index contributed by atoms with van der Waals surface area (Å²) in [7, 11) is 0. The molecule has 0 aromatic heterocycles. The molecule has 0 bridgehead atoms. The van der Waals surface area contributed by atoms with E-state index in [1.165, 1.54) is 57.8 Å². The fourth-order valence-electron chi connectivity index (χ4n) is 2.40. The summed E-state index contributed by atoms with van der Waals surface area (Å²) in [5.74, 6) is 2.06. The van der Waals surface area contributed by atoms with Crippen molar-refractivity contribution in [2.75, 3.05) is 0 Å². The lowest BCUT2D eigenvalue weighted by atomic mass is 10.0. The Hall–Kier alpha value is 0. The van der Waals surface area contributed by atoms with Gasteiger partial charge in [-0.3, -0.25) is 0 Å². The molecule has 0 radical (unpaired) electrons. The van der Waals surface area contributed by atoms with E-state index in [0.29, 0.717) is 0 Å². The zero-order valence-corrected chi connectivity index (χ0v) is 13.5. The van der Waals surface area contributed by atoms with Gasteiger partial charge in [-0.05, 0) is 11.8 Å². The van der Waals surface area contributed by atoms with Gasteiger partial charge in [-0.2, -0.15) is 0 Å². The SMILES string of the molecule is CC.CCCC(C)CC.CCCC1CCCC1. The Balaban J connectivity index is 0. The molecule has 17 heavy (non-hydrogen) atoms. The van der Waals surface area contributed by atoms with Gasteiger partial charge in [-0.15, -0.1) is 0 Å². The predicted molar refractivity (Wildman–Crippen MR) is 82.6 cm³/mol. The van der Waals surface area contributed by atoms with Crippen LogP contribution in [-0.4, -0.2) is 0 Å². The van der Waals surface area contributed by atoms with Crippen LogP contribution in [0.5, 0.6) is 0 Å². The molecule has 0 heterocycles. The van der Waals surface area contributed by atoms with Crippen LogP contribution in [0.25, 0.3) is 0 Å². The van der Waals surface area contributed by atoms with Crippen molar-refractivity contribution < 1.29 is 0 Å². The lowest BCUT2D eigenvalue weighted by Gasteiger charge is -2.03. The third kappa shape index (κ3) is 13.9. The second kappa shape index (κ2) is 16.0. The first kappa shape index (κ1) is 19.3. The molecule has 0 heteroatoms. The summed E-state index contributed by atoms with van der Waals surface area (Å²) < 4.78 is 0. The molecule has 0 amide bonds. The van der Waals surface area contributed by atoms with Crippen LogP contribution in [0.15, 0.2) is 0 Å². The standard InChI is InChI=1S/C8H16.C7H16.C2H6/c1-2-5-8-6-3-4-7-8;1-4-6-7(3)5-2;1-2/h8H,2-7H2,1H3;7H,4-6H2,1-3H3;1-2H3. The largest absolute Gasteiger partial charge is 0.0683 e. The maximum atomic E-state index is 2.31. The normalized spacial score (nSPS) is 16.6. The first-order valence-electron chi connectivity index (χ1n) is 8.24. The summed E-state index contributed by atoms with van der Waals surface area (Å²) in [6, 6.07) is 0. The van der Waals surface area contributed by atoms with E-state index in [-0.39, 0.29) is 0 Å². The maximum Gasteiger partial charge on any atom is -0.0414 e. The highest BCUT2D eigenvalue weighted by molar-refractivity contribution is 4.65. The van der Waals surface area contributed by atoms with E-state index in [2.05, 4.69) is 27.7 Å². The summed E-state index contributed by atoms with van der Waals surface area (Å²) in [6.45, 7) is 13.1. The van der Waals surface area contributed by atoms with E-state index >= 15 is 0 Å². The van der Waals surface area contributed by atoms with E-state index in [9.17, 15) is 0 Å². The van der Waals surface area contributed by atoms with Crippen LogP contribution in [-0.2, 0) is 0 Å². The van der Waals surface area contributed by atoms with Gasteiger partial charge in [0, 0.05) is 0 Å². The highest BCUT2D eigenvalue weighted by Crippen LogP contribution is 2.27. The van der Waals surface area contributed by atoms with Gasteiger partial charge in [-0.25, -0.2) is 0 Å². The molecular formula is C17H38. The summed E-state index contributed by atoms with van der Waals surface area (Å²) in [4.78, 5) is 0. The zero-order chi connectivity index (χ0) is 13.5. The molecular weight excluding hydrogens is 204 g/mol. The summed E-state index contributed by atoms with van der Waals surface area (Å²) >= 11 is 0. The molecule has 106 valence electrons. The number of rotatable bonds is 5. The van der Waals surface area contributed by atoms with Crippen LogP contribution < -0.4 is 0 Å². The van der Waals surface area contributed by atoms with E-state index in [1.807, 2.05) is 13.8 Å². The Morgan fingerprint density at radius 1 is 0.941 bits per heavy atom. The molecule has 1 unspecified atom stereocenters. The molecule has 0 spiro atoms. The first-order valence-corrected chi connectivity index (χ1v) is 8.24. The van der Waals surface area contributed by atoms with Gasteiger partial charge in [0.2, 0.25) is 0 Å². The minimum atomic E-state index is 0.949. The van der Waals surface area contributed by atoms with Crippen molar-refractivity contribution in [2.45, 2.75) is 99.3 Å².